The quantitative estimate of drug-likeness (QED) is 0.795. The van der Waals surface area contributed by atoms with E-state index in [1.54, 1.807) is 13.0 Å². The van der Waals surface area contributed by atoms with Crippen LogP contribution in [-0.2, 0) is 0 Å². The van der Waals surface area contributed by atoms with Crippen LogP contribution in [0, 0.1) is 6.92 Å². The Kier molecular flexibility index (Phi) is 4.12. The highest BCUT2D eigenvalue weighted by molar-refractivity contribution is 9.10. The lowest BCUT2D eigenvalue weighted by Crippen LogP contribution is -2.34. The number of alkyl halides is 4. The first kappa shape index (κ1) is 13.2. The molecule has 1 heterocycles. The zero-order chi connectivity index (χ0) is 12.3. The number of ether oxygens (including phenoxy) is 1. The molecule has 0 unspecified atom stereocenters. The fourth-order valence-electron chi connectivity index (χ4n) is 0.843. The van der Waals surface area contributed by atoms with Crippen LogP contribution in [-0.4, -0.2) is 23.9 Å². The number of rotatable bonds is 4. The Morgan fingerprint density at radius 2 is 2.12 bits per heavy atom. The van der Waals surface area contributed by atoms with E-state index in [2.05, 4.69) is 25.7 Å². The Morgan fingerprint density at radius 3 is 2.69 bits per heavy atom. The number of hydrogen-bond acceptors (Lipinski definition) is 2. The normalized spacial score (nSPS) is 11.9. The van der Waals surface area contributed by atoms with Gasteiger partial charge in [0.1, 0.15) is 0 Å². The van der Waals surface area contributed by atoms with E-state index in [1.165, 1.54) is 6.20 Å². The highest BCUT2D eigenvalue weighted by Crippen LogP contribution is 2.28. The van der Waals surface area contributed by atoms with Crippen molar-refractivity contribution < 1.29 is 22.3 Å². The molecule has 0 saturated heterocycles. The van der Waals surface area contributed by atoms with E-state index in [-0.39, 0.29) is 5.88 Å². The minimum Gasteiger partial charge on any atom is -0.470 e. The van der Waals surface area contributed by atoms with Crippen LogP contribution in [0.1, 0.15) is 5.56 Å². The molecule has 0 fully saturated rings. The van der Waals surface area contributed by atoms with Crippen molar-refractivity contribution in [2.24, 2.45) is 0 Å². The predicted molar refractivity (Wildman–Crippen MR) is 53.1 cm³/mol. The molecule has 1 rings (SSSR count). The van der Waals surface area contributed by atoms with Crippen LogP contribution in [0.2, 0.25) is 0 Å². The number of pyridine rings is 1. The maximum absolute atomic E-state index is 12.5. The molecule has 0 aromatic carbocycles. The molecule has 0 aliphatic heterocycles. The lowest BCUT2D eigenvalue weighted by atomic mass is 10.3. The van der Waals surface area contributed by atoms with Crippen LogP contribution >= 0.6 is 15.9 Å². The number of aromatic nitrogens is 1. The number of aryl methyl sites for hydroxylation is 1. The minimum absolute atomic E-state index is 0.125. The van der Waals surface area contributed by atoms with Gasteiger partial charge in [-0.1, -0.05) is 0 Å². The van der Waals surface area contributed by atoms with E-state index in [9.17, 15) is 17.6 Å². The van der Waals surface area contributed by atoms with E-state index >= 15 is 0 Å². The van der Waals surface area contributed by atoms with Gasteiger partial charge in [0.2, 0.25) is 5.88 Å². The van der Waals surface area contributed by atoms with Gasteiger partial charge in [0.05, 0.1) is 4.47 Å². The topological polar surface area (TPSA) is 22.1 Å². The SMILES string of the molecule is Cc1ccnc(OCC(F)(F)C(F)F)c1Br. The summed E-state index contributed by atoms with van der Waals surface area (Å²) in [6.45, 7) is 0.295. The second-order valence-electron chi connectivity index (χ2n) is 3.10. The fraction of sp³-hybridized carbons (Fsp3) is 0.444. The summed E-state index contributed by atoms with van der Waals surface area (Å²) in [5.41, 5.74) is 0.713. The molecule has 1 aromatic heterocycles. The molecule has 0 aliphatic rings. The number of nitrogens with zero attached hydrogens (tertiary/aromatic N) is 1. The van der Waals surface area contributed by atoms with Crippen LogP contribution in [0.3, 0.4) is 0 Å². The minimum atomic E-state index is -4.18. The summed E-state index contributed by atoms with van der Waals surface area (Å²) in [5, 5.41) is 0. The molecule has 1 aromatic rings. The molecule has 2 nitrogen and oxygen atoms in total. The Labute approximate surface area is 97.8 Å². The van der Waals surface area contributed by atoms with Crippen LogP contribution in [0.4, 0.5) is 17.6 Å². The van der Waals surface area contributed by atoms with Crippen molar-refractivity contribution in [2.75, 3.05) is 6.61 Å². The molecule has 0 bridgehead atoms. The predicted octanol–water partition coefficient (Wildman–Crippen LogP) is 3.43. The second kappa shape index (κ2) is 4.99. The molecule has 0 radical (unpaired) electrons. The van der Waals surface area contributed by atoms with Gasteiger partial charge in [-0.05, 0) is 34.5 Å². The van der Waals surface area contributed by atoms with E-state index in [0.29, 0.717) is 10.0 Å². The molecule has 0 aliphatic carbocycles. The zero-order valence-electron chi connectivity index (χ0n) is 8.18. The summed E-state index contributed by atoms with van der Waals surface area (Å²) in [4.78, 5) is 3.65. The average Bonchev–Trinajstić information content (AvgIpc) is 2.20. The van der Waals surface area contributed by atoms with Crippen LogP contribution < -0.4 is 4.74 Å². The van der Waals surface area contributed by atoms with Crippen molar-refractivity contribution in [3.05, 3.63) is 22.3 Å². The third-order valence-corrected chi connectivity index (χ3v) is 2.74. The number of halogens is 5. The van der Waals surface area contributed by atoms with Gasteiger partial charge in [-0.25, -0.2) is 13.8 Å². The summed E-state index contributed by atoms with van der Waals surface area (Å²) in [5.74, 6) is -4.30. The summed E-state index contributed by atoms with van der Waals surface area (Å²) in [6.07, 6.45) is -2.41. The summed E-state index contributed by atoms with van der Waals surface area (Å²) in [6, 6.07) is 1.63. The van der Waals surface area contributed by atoms with Gasteiger partial charge in [-0.15, -0.1) is 0 Å². The molecule has 7 heteroatoms. The van der Waals surface area contributed by atoms with Gasteiger partial charge < -0.3 is 4.74 Å². The van der Waals surface area contributed by atoms with Crippen molar-refractivity contribution in [1.82, 2.24) is 4.98 Å². The molecule has 90 valence electrons. The fourth-order valence-corrected chi connectivity index (χ4v) is 1.19. The van der Waals surface area contributed by atoms with Gasteiger partial charge in [0.15, 0.2) is 6.61 Å². The lowest BCUT2D eigenvalue weighted by Gasteiger charge is -2.16. The van der Waals surface area contributed by atoms with Crippen molar-refractivity contribution in [2.45, 2.75) is 19.3 Å². The Balaban J connectivity index is 2.72. The molecule has 0 amide bonds. The Bertz CT molecular complexity index is 373. The van der Waals surface area contributed by atoms with E-state index in [0.717, 1.165) is 0 Å². The van der Waals surface area contributed by atoms with Gasteiger partial charge in [0.25, 0.3) is 0 Å². The molecule has 0 N–H and O–H groups in total. The highest BCUT2D eigenvalue weighted by atomic mass is 79.9. The van der Waals surface area contributed by atoms with Crippen molar-refractivity contribution >= 4 is 15.9 Å². The summed E-state index contributed by atoms with van der Waals surface area (Å²) < 4.78 is 53.7. The highest BCUT2D eigenvalue weighted by Gasteiger charge is 2.42. The van der Waals surface area contributed by atoms with Crippen molar-refractivity contribution in [3.63, 3.8) is 0 Å². The molecule has 16 heavy (non-hydrogen) atoms. The summed E-state index contributed by atoms with van der Waals surface area (Å²) >= 11 is 3.07. The van der Waals surface area contributed by atoms with Crippen LogP contribution in [0.25, 0.3) is 0 Å². The van der Waals surface area contributed by atoms with Gasteiger partial charge >= 0.3 is 12.3 Å². The smallest absolute Gasteiger partial charge is 0.340 e. The standard InChI is InChI=1S/C9H8BrF4NO/c1-5-2-3-15-7(6(5)10)16-4-9(13,14)8(11)12/h2-3,8H,4H2,1H3. The Hall–Kier alpha value is -0.850. The molecule has 0 spiro atoms. The monoisotopic (exact) mass is 301 g/mol. The maximum Gasteiger partial charge on any atom is 0.340 e. The average molecular weight is 302 g/mol. The zero-order valence-corrected chi connectivity index (χ0v) is 9.77. The Morgan fingerprint density at radius 1 is 1.50 bits per heavy atom. The van der Waals surface area contributed by atoms with Crippen LogP contribution in [0.15, 0.2) is 16.7 Å². The third kappa shape index (κ3) is 3.07. The van der Waals surface area contributed by atoms with E-state index < -0.39 is 19.0 Å². The molecular formula is C9H8BrF4NO. The molecular weight excluding hydrogens is 294 g/mol. The number of hydrogen-bond donors (Lipinski definition) is 0. The first-order valence-electron chi connectivity index (χ1n) is 4.24. The summed E-state index contributed by atoms with van der Waals surface area (Å²) in [7, 11) is 0. The van der Waals surface area contributed by atoms with Crippen LogP contribution in [0.5, 0.6) is 5.88 Å². The molecule has 0 atom stereocenters. The van der Waals surface area contributed by atoms with E-state index in [1.807, 2.05) is 0 Å². The lowest BCUT2D eigenvalue weighted by molar-refractivity contribution is -0.148. The first-order valence-corrected chi connectivity index (χ1v) is 5.04. The largest absolute Gasteiger partial charge is 0.470 e. The third-order valence-electron chi connectivity index (χ3n) is 1.77. The maximum atomic E-state index is 12.5. The van der Waals surface area contributed by atoms with Gasteiger partial charge in [-0.3, -0.25) is 0 Å². The van der Waals surface area contributed by atoms with Crippen molar-refractivity contribution in [1.29, 1.82) is 0 Å². The van der Waals surface area contributed by atoms with Gasteiger partial charge in [-0.2, -0.15) is 8.78 Å². The molecule has 0 saturated carbocycles. The van der Waals surface area contributed by atoms with E-state index in [4.69, 9.17) is 0 Å². The van der Waals surface area contributed by atoms with Gasteiger partial charge in [0, 0.05) is 6.20 Å². The van der Waals surface area contributed by atoms with Crippen molar-refractivity contribution in [3.8, 4) is 5.88 Å². The second-order valence-corrected chi connectivity index (χ2v) is 3.89. The first-order chi connectivity index (χ1) is 7.34.